The van der Waals surface area contributed by atoms with Gasteiger partial charge in [0.1, 0.15) is 11.3 Å². The molecule has 0 aliphatic rings. The molecule has 0 bridgehead atoms. The molecule has 23 heavy (non-hydrogen) atoms. The standard InChI is InChI=1S/C15H21FN4O.2ClH/c1-9(2)6-15(3,7-17)20-14(21)11-4-10(16)5-12-13(11)19-8-18-12;;/h4-5,8-9H,6-7,17H2,1-3H3,(H,18,19)(H,20,21);2*1H. The van der Waals surface area contributed by atoms with Crippen LogP contribution in [0.5, 0.6) is 0 Å². The maximum absolute atomic E-state index is 13.6. The average Bonchev–Trinajstić information content (AvgIpc) is 2.84. The summed E-state index contributed by atoms with van der Waals surface area (Å²) >= 11 is 0. The number of benzene rings is 1. The van der Waals surface area contributed by atoms with Crippen LogP contribution in [0.25, 0.3) is 11.0 Å². The molecule has 1 amide bonds. The van der Waals surface area contributed by atoms with Crippen LogP contribution < -0.4 is 11.1 Å². The molecule has 8 heteroatoms. The molecule has 2 rings (SSSR count). The highest BCUT2D eigenvalue weighted by Gasteiger charge is 2.27. The van der Waals surface area contributed by atoms with Gasteiger partial charge in [0.25, 0.3) is 5.91 Å². The first-order valence-corrected chi connectivity index (χ1v) is 7.00. The van der Waals surface area contributed by atoms with Crippen molar-refractivity contribution in [3.05, 3.63) is 29.8 Å². The van der Waals surface area contributed by atoms with E-state index in [2.05, 4.69) is 29.1 Å². The fourth-order valence-electron chi connectivity index (χ4n) is 2.62. The van der Waals surface area contributed by atoms with Gasteiger partial charge >= 0.3 is 0 Å². The Bertz CT molecular complexity index is 662. The molecule has 0 aliphatic heterocycles. The van der Waals surface area contributed by atoms with Crippen LogP contribution in [-0.2, 0) is 0 Å². The number of nitrogens with two attached hydrogens (primary N) is 1. The monoisotopic (exact) mass is 364 g/mol. The molecule has 1 heterocycles. The van der Waals surface area contributed by atoms with Gasteiger partial charge in [-0.15, -0.1) is 24.8 Å². The summed E-state index contributed by atoms with van der Waals surface area (Å²) in [6.45, 7) is 6.34. The number of fused-ring (bicyclic) bond motifs is 1. The molecule has 1 aromatic heterocycles. The lowest BCUT2D eigenvalue weighted by molar-refractivity contribution is 0.0899. The number of hydrogen-bond acceptors (Lipinski definition) is 3. The summed E-state index contributed by atoms with van der Waals surface area (Å²) in [4.78, 5) is 19.4. The Morgan fingerprint density at radius 2 is 2.09 bits per heavy atom. The Kier molecular flexibility index (Phi) is 7.97. The summed E-state index contributed by atoms with van der Waals surface area (Å²) < 4.78 is 13.6. The van der Waals surface area contributed by atoms with Crippen molar-refractivity contribution in [1.82, 2.24) is 15.3 Å². The van der Waals surface area contributed by atoms with Gasteiger partial charge in [0.15, 0.2) is 0 Å². The smallest absolute Gasteiger partial charge is 0.254 e. The van der Waals surface area contributed by atoms with Gasteiger partial charge in [0, 0.05) is 12.1 Å². The number of halogens is 3. The maximum Gasteiger partial charge on any atom is 0.254 e. The van der Waals surface area contributed by atoms with Gasteiger partial charge < -0.3 is 16.0 Å². The summed E-state index contributed by atoms with van der Waals surface area (Å²) in [5.74, 6) is -0.452. The average molecular weight is 365 g/mol. The number of carbonyl (C=O) groups excluding carboxylic acids is 1. The Hall–Kier alpha value is -1.37. The predicted octanol–water partition coefficient (Wildman–Crippen LogP) is 3.04. The number of H-pyrrole nitrogens is 1. The lowest BCUT2D eigenvalue weighted by Crippen LogP contribution is -2.52. The zero-order valence-corrected chi connectivity index (χ0v) is 15.0. The Labute approximate surface area is 147 Å². The highest BCUT2D eigenvalue weighted by molar-refractivity contribution is 6.05. The molecule has 0 fully saturated rings. The van der Waals surface area contributed by atoms with Crippen LogP contribution in [0.4, 0.5) is 4.39 Å². The molecule has 0 aliphatic carbocycles. The first kappa shape index (κ1) is 21.6. The van der Waals surface area contributed by atoms with Crippen molar-refractivity contribution in [2.75, 3.05) is 6.54 Å². The summed E-state index contributed by atoms with van der Waals surface area (Å²) in [5.41, 5.74) is 6.44. The number of nitrogens with zero attached hydrogens (tertiary/aromatic N) is 1. The molecule has 130 valence electrons. The molecule has 0 radical (unpaired) electrons. The zero-order valence-electron chi connectivity index (χ0n) is 13.4. The van der Waals surface area contributed by atoms with E-state index in [1.807, 2.05) is 6.92 Å². The molecular weight excluding hydrogens is 342 g/mol. The number of carbonyl (C=O) groups is 1. The van der Waals surface area contributed by atoms with Crippen molar-refractivity contribution in [2.45, 2.75) is 32.7 Å². The number of rotatable bonds is 5. The third kappa shape index (κ3) is 5.06. The number of hydrogen-bond donors (Lipinski definition) is 3. The van der Waals surface area contributed by atoms with Gasteiger partial charge in [0.05, 0.1) is 17.4 Å². The number of nitrogens with one attached hydrogen (secondary N) is 2. The van der Waals surface area contributed by atoms with Crippen LogP contribution in [0.15, 0.2) is 18.5 Å². The van der Waals surface area contributed by atoms with Gasteiger partial charge in [0.2, 0.25) is 0 Å². The van der Waals surface area contributed by atoms with E-state index in [-0.39, 0.29) is 36.3 Å². The van der Waals surface area contributed by atoms with Crippen molar-refractivity contribution in [2.24, 2.45) is 11.7 Å². The highest BCUT2D eigenvalue weighted by atomic mass is 35.5. The Balaban J connectivity index is 0.00000242. The van der Waals surface area contributed by atoms with Gasteiger partial charge in [-0.3, -0.25) is 4.79 Å². The van der Waals surface area contributed by atoms with Crippen LogP contribution in [0.1, 0.15) is 37.6 Å². The minimum atomic E-state index is -0.528. The highest BCUT2D eigenvalue weighted by Crippen LogP contribution is 2.20. The van der Waals surface area contributed by atoms with Crippen LogP contribution in [0.3, 0.4) is 0 Å². The molecule has 1 aromatic carbocycles. The number of imidazole rings is 1. The molecule has 0 spiro atoms. The van der Waals surface area contributed by atoms with Crippen molar-refractivity contribution >= 4 is 41.8 Å². The van der Waals surface area contributed by atoms with E-state index in [1.165, 1.54) is 18.5 Å². The third-order valence-electron chi connectivity index (χ3n) is 3.46. The number of aromatic nitrogens is 2. The second-order valence-electron chi connectivity index (χ2n) is 6.07. The molecule has 1 unspecified atom stereocenters. The zero-order chi connectivity index (χ0) is 15.6. The van der Waals surface area contributed by atoms with Crippen LogP contribution in [0.2, 0.25) is 0 Å². The van der Waals surface area contributed by atoms with Crippen LogP contribution >= 0.6 is 24.8 Å². The van der Waals surface area contributed by atoms with Gasteiger partial charge in [-0.05, 0) is 31.4 Å². The van der Waals surface area contributed by atoms with E-state index >= 15 is 0 Å². The first-order chi connectivity index (χ1) is 9.84. The number of aromatic amines is 1. The molecule has 1 atom stereocenters. The number of amides is 1. The van der Waals surface area contributed by atoms with Crippen molar-refractivity contribution in [1.29, 1.82) is 0 Å². The SMILES string of the molecule is CC(C)CC(C)(CN)NC(=O)c1cc(F)cc2[nH]cnc12.Cl.Cl. The fourth-order valence-corrected chi connectivity index (χ4v) is 2.62. The summed E-state index contributed by atoms with van der Waals surface area (Å²) in [7, 11) is 0. The van der Waals surface area contributed by atoms with Crippen molar-refractivity contribution < 1.29 is 9.18 Å². The van der Waals surface area contributed by atoms with E-state index in [0.29, 0.717) is 23.5 Å². The summed E-state index contributed by atoms with van der Waals surface area (Å²) in [6, 6.07) is 2.51. The lowest BCUT2D eigenvalue weighted by atomic mass is 9.90. The second kappa shape index (κ2) is 8.47. The fraction of sp³-hybridized carbons (Fsp3) is 0.467. The molecule has 5 nitrogen and oxygen atoms in total. The van der Waals surface area contributed by atoms with E-state index < -0.39 is 11.4 Å². The van der Waals surface area contributed by atoms with Crippen LogP contribution in [0, 0.1) is 11.7 Å². The second-order valence-corrected chi connectivity index (χ2v) is 6.07. The maximum atomic E-state index is 13.6. The van der Waals surface area contributed by atoms with E-state index in [1.54, 1.807) is 0 Å². The summed E-state index contributed by atoms with van der Waals surface area (Å²) in [5, 5.41) is 2.92. The Morgan fingerprint density at radius 3 is 2.65 bits per heavy atom. The normalized spacial score (nSPS) is 13.1. The molecule has 2 aromatic rings. The quantitative estimate of drug-likeness (QED) is 0.762. The van der Waals surface area contributed by atoms with E-state index in [0.717, 1.165) is 6.42 Å². The lowest BCUT2D eigenvalue weighted by Gasteiger charge is -2.31. The molecule has 4 N–H and O–H groups in total. The van der Waals surface area contributed by atoms with Crippen molar-refractivity contribution in [3.8, 4) is 0 Å². The molecular formula is C15H23Cl2FN4O. The minimum absolute atomic E-state index is 0. The Morgan fingerprint density at radius 1 is 1.43 bits per heavy atom. The molecule has 0 saturated carbocycles. The summed E-state index contributed by atoms with van der Waals surface area (Å²) in [6.07, 6.45) is 2.19. The van der Waals surface area contributed by atoms with Gasteiger partial charge in [-0.1, -0.05) is 13.8 Å². The first-order valence-electron chi connectivity index (χ1n) is 7.00. The predicted molar refractivity (Wildman–Crippen MR) is 94.9 cm³/mol. The van der Waals surface area contributed by atoms with E-state index in [9.17, 15) is 9.18 Å². The van der Waals surface area contributed by atoms with Gasteiger partial charge in [-0.25, -0.2) is 9.37 Å². The third-order valence-corrected chi connectivity index (χ3v) is 3.46. The van der Waals surface area contributed by atoms with E-state index in [4.69, 9.17) is 5.73 Å². The van der Waals surface area contributed by atoms with Crippen LogP contribution in [-0.4, -0.2) is 28.0 Å². The topological polar surface area (TPSA) is 83.8 Å². The molecule has 0 saturated heterocycles. The largest absolute Gasteiger partial charge is 0.346 e. The van der Waals surface area contributed by atoms with Gasteiger partial charge in [-0.2, -0.15) is 0 Å². The van der Waals surface area contributed by atoms with Crippen molar-refractivity contribution in [3.63, 3.8) is 0 Å². The minimum Gasteiger partial charge on any atom is -0.346 e.